The van der Waals surface area contributed by atoms with Gasteiger partial charge in [-0.15, -0.1) is 0 Å². The molecule has 102 valence electrons. The maximum absolute atomic E-state index is 5.77. The van der Waals surface area contributed by atoms with Crippen molar-refractivity contribution in [1.82, 2.24) is 20.0 Å². The quantitative estimate of drug-likeness (QED) is 0.752. The number of hydrogen-bond donors (Lipinski definition) is 1. The van der Waals surface area contributed by atoms with E-state index in [1.807, 2.05) is 23.1 Å². The summed E-state index contributed by atoms with van der Waals surface area (Å²) in [5.41, 5.74) is 0. The molecule has 0 amide bonds. The first kappa shape index (κ1) is 13.5. The van der Waals surface area contributed by atoms with Crippen LogP contribution in [-0.4, -0.2) is 59.6 Å². The van der Waals surface area contributed by atoms with E-state index in [1.165, 1.54) is 0 Å². The van der Waals surface area contributed by atoms with E-state index >= 15 is 0 Å². The van der Waals surface area contributed by atoms with Crippen LogP contribution in [0.15, 0.2) is 18.5 Å². The van der Waals surface area contributed by atoms with E-state index in [9.17, 15) is 0 Å². The van der Waals surface area contributed by atoms with Crippen LogP contribution in [0.4, 0.5) is 0 Å². The second kappa shape index (κ2) is 6.87. The Labute approximate surface area is 109 Å². The average Bonchev–Trinajstić information content (AvgIpc) is 2.88. The molecule has 0 aromatic carbocycles. The number of morpholine rings is 1. The summed E-state index contributed by atoms with van der Waals surface area (Å²) in [6.07, 6.45) is 4.11. The SMILES string of the molecule is CC(C)N1CCOC(CNCCn2cccn2)C1. The molecule has 1 atom stereocenters. The summed E-state index contributed by atoms with van der Waals surface area (Å²) in [6.45, 7) is 10.2. The van der Waals surface area contributed by atoms with Crippen LogP contribution < -0.4 is 5.32 Å². The molecule has 1 saturated heterocycles. The second-order valence-corrected chi connectivity index (χ2v) is 5.05. The number of nitrogens with zero attached hydrogens (tertiary/aromatic N) is 3. The minimum atomic E-state index is 0.318. The van der Waals surface area contributed by atoms with Gasteiger partial charge in [0, 0.05) is 44.6 Å². The summed E-state index contributed by atoms with van der Waals surface area (Å²) in [4.78, 5) is 2.48. The maximum Gasteiger partial charge on any atom is 0.0826 e. The molecule has 1 aliphatic heterocycles. The van der Waals surface area contributed by atoms with Gasteiger partial charge in [0.25, 0.3) is 0 Å². The lowest BCUT2D eigenvalue weighted by Crippen LogP contribution is -2.49. The predicted octanol–water partition coefficient (Wildman–Crippen LogP) is 0.582. The van der Waals surface area contributed by atoms with Crippen LogP contribution in [0.25, 0.3) is 0 Å². The summed E-state index contributed by atoms with van der Waals surface area (Å²) in [5, 5.41) is 7.61. The molecular formula is C13H24N4O. The van der Waals surface area contributed by atoms with Crippen LogP contribution in [0, 0.1) is 0 Å². The molecule has 0 saturated carbocycles. The van der Waals surface area contributed by atoms with Gasteiger partial charge in [0.05, 0.1) is 19.3 Å². The first-order chi connectivity index (χ1) is 8.75. The topological polar surface area (TPSA) is 42.3 Å². The Kier molecular flexibility index (Phi) is 5.16. The number of ether oxygens (including phenoxy) is 1. The molecule has 2 heterocycles. The van der Waals surface area contributed by atoms with Crippen LogP contribution in [0.2, 0.25) is 0 Å². The van der Waals surface area contributed by atoms with Crippen molar-refractivity contribution in [2.24, 2.45) is 0 Å². The fraction of sp³-hybridized carbons (Fsp3) is 0.769. The molecular weight excluding hydrogens is 228 g/mol. The van der Waals surface area contributed by atoms with Crippen LogP contribution in [0.1, 0.15) is 13.8 Å². The smallest absolute Gasteiger partial charge is 0.0826 e. The van der Waals surface area contributed by atoms with Crippen LogP contribution in [0.5, 0.6) is 0 Å². The van der Waals surface area contributed by atoms with Gasteiger partial charge in [-0.3, -0.25) is 9.58 Å². The third-order valence-corrected chi connectivity index (χ3v) is 3.35. The van der Waals surface area contributed by atoms with E-state index < -0.39 is 0 Å². The van der Waals surface area contributed by atoms with E-state index in [2.05, 4.69) is 29.2 Å². The van der Waals surface area contributed by atoms with Crippen LogP contribution >= 0.6 is 0 Å². The van der Waals surface area contributed by atoms with Crippen molar-refractivity contribution in [3.05, 3.63) is 18.5 Å². The number of rotatable bonds is 6. The second-order valence-electron chi connectivity index (χ2n) is 5.05. The molecule has 2 rings (SSSR count). The van der Waals surface area contributed by atoms with Crippen molar-refractivity contribution in [2.45, 2.75) is 32.5 Å². The molecule has 0 aliphatic carbocycles. The molecule has 1 fully saturated rings. The fourth-order valence-corrected chi connectivity index (χ4v) is 2.22. The van der Waals surface area contributed by atoms with E-state index in [4.69, 9.17) is 4.74 Å². The molecule has 5 heteroatoms. The molecule has 1 aliphatic rings. The first-order valence-corrected chi connectivity index (χ1v) is 6.79. The van der Waals surface area contributed by atoms with Gasteiger partial charge < -0.3 is 10.1 Å². The third-order valence-electron chi connectivity index (χ3n) is 3.35. The minimum absolute atomic E-state index is 0.318. The molecule has 1 unspecified atom stereocenters. The fourth-order valence-electron chi connectivity index (χ4n) is 2.22. The average molecular weight is 252 g/mol. The van der Waals surface area contributed by atoms with E-state index in [1.54, 1.807) is 0 Å². The zero-order chi connectivity index (χ0) is 12.8. The Balaban J connectivity index is 1.61. The predicted molar refractivity (Wildman–Crippen MR) is 71.5 cm³/mol. The Morgan fingerprint density at radius 1 is 1.50 bits per heavy atom. The van der Waals surface area contributed by atoms with Crippen molar-refractivity contribution in [3.63, 3.8) is 0 Å². The summed E-state index contributed by atoms with van der Waals surface area (Å²) in [6, 6.07) is 2.56. The molecule has 0 spiro atoms. The highest BCUT2D eigenvalue weighted by atomic mass is 16.5. The lowest BCUT2D eigenvalue weighted by atomic mass is 10.2. The van der Waals surface area contributed by atoms with E-state index in [-0.39, 0.29) is 0 Å². The largest absolute Gasteiger partial charge is 0.374 e. The number of hydrogen-bond acceptors (Lipinski definition) is 4. The van der Waals surface area contributed by atoms with Gasteiger partial charge in [-0.2, -0.15) is 5.10 Å². The van der Waals surface area contributed by atoms with Gasteiger partial charge in [0.2, 0.25) is 0 Å². The van der Waals surface area contributed by atoms with Gasteiger partial charge in [-0.05, 0) is 19.9 Å². The standard InChI is InChI=1S/C13H24N4O/c1-12(2)16-8-9-18-13(11-16)10-14-5-7-17-6-3-4-15-17/h3-4,6,12-14H,5,7-11H2,1-2H3. The molecule has 18 heavy (non-hydrogen) atoms. The molecule has 1 aromatic heterocycles. The molecule has 5 nitrogen and oxygen atoms in total. The summed E-state index contributed by atoms with van der Waals surface area (Å²) < 4.78 is 7.71. The Hall–Kier alpha value is -0.910. The molecule has 0 radical (unpaired) electrons. The van der Waals surface area contributed by atoms with Gasteiger partial charge in [-0.1, -0.05) is 0 Å². The molecule has 0 bridgehead atoms. The van der Waals surface area contributed by atoms with Gasteiger partial charge in [-0.25, -0.2) is 0 Å². The van der Waals surface area contributed by atoms with Crippen molar-refractivity contribution in [2.75, 3.05) is 32.8 Å². The van der Waals surface area contributed by atoms with Crippen molar-refractivity contribution in [1.29, 1.82) is 0 Å². The lowest BCUT2D eigenvalue weighted by molar-refractivity contribution is -0.0371. The highest BCUT2D eigenvalue weighted by molar-refractivity contribution is 4.78. The summed E-state index contributed by atoms with van der Waals surface area (Å²) in [5.74, 6) is 0. The van der Waals surface area contributed by atoms with Gasteiger partial charge >= 0.3 is 0 Å². The van der Waals surface area contributed by atoms with Crippen LogP contribution in [-0.2, 0) is 11.3 Å². The monoisotopic (exact) mass is 252 g/mol. The number of nitrogens with one attached hydrogen (secondary N) is 1. The molecule has 1 aromatic rings. The van der Waals surface area contributed by atoms with Crippen molar-refractivity contribution < 1.29 is 4.74 Å². The Morgan fingerprint density at radius 3 is 3.11 bits per heavy atom. The van der Waals surface area contributed by atoms with Crippen molar-refractivity contribution in [3.8, 4) is 0 Å². The minimum Gasteiger partial charge on any atom is -0.374 e. The van der Waals surface area contributed by atoms with E-state index in [0.717, 1.165) is 39.3 Å². The van der Waals surface area contributed by atoms with Gasteiger partial charge in [0.15, 0.2) is 0 Å². The zero-order valence-electron chi connectivity index (χ0n) is 11.4. The normalized spacial score (nSPS) is 21.6. The van der Waals surface area contributed by atoms with Gasteiger partial charge in [0.1, 0.15) is 0 Å². The van der Waals surface area contributed by atoms with Crippen LogP contribution in [0.3, 0.4) is 0 Å². The lowest BCUT2D eigenvalue weighted by Gasteiger charge is -2.35. The third kappa shape index (κ3) is 4.08. The van der Waals surface area contributed by atoms with Crippen molar-refractivity contribution >= 4 is 0 Å². The Morgan fingerprint density at radius 2 is 2.39 bits per heavy atom. The summed E-state index contributed by atoms with van der Waals surface area (Å²) >= 11 is 0. The highest BCUT2D eigenvalue weighted by Crippen LogP contribution is 2.07. The first-order valence-electron chi connectivity index (χ1n) is 6.79. The number of aromatic nitrogens is 2. The van der Waals surface area contributed by atoms with E-state index in [0.29, 0.717) is 12.1 Å². The molecule has 1 N–H and O–H groups in total. The summed E-state index contributed by atoms with van der Waals surface area (Å²) in [7, 11) is 0. The maximum atomic E-state index is 5.77. The highest BCUT2D eigenvalue weighted by Gasteiger charge is 2.21. The Bertz CT molecular complexity index is 326. The zero-order valence-corrected chi connectivity index (χ0v) is 11.4.